The van der Waals surface area contributed by atoms with Gasteiger partial charge in [-0.05, 0) is 11.6 Å². The molecular weight excluding hydrogens is 278 g/mol. The van der Waals surface area contributed by atoms with E-state index >= 15 is 0 Å². The summed E-state index contributed by atoms with van der Waals surface area (Å²) in [5, 5.41) is 0. The molecule has 0 saturated carbocycles. The zero-order chi connectivity index (χ0) is 15.2. The lowest BCUT2D eigenvalue weighted by atomic mass is 10.1. The molecule has 0 fully saturated rings. The molecule has 3 nitrogen and oxygen atoms in total. The third kappa shape index (κ3) is 3.86. The Labute approximate surface area is 121 Å². The third-order valence-corrected chi connectivity index (χ3v) is 2.89. The van der Waals surface area contributed by atoms with Gasteiger partial charge in [-0.1, -0.05) is 30.3 Å². The van der Waals surface area contributed by atoms with Crippen LogP contribution in [0.25, 0.3) is 0 Å². The molecule has 0 aliphatic heterocycles. The predicted molar refractivity (Wildman–Crippen MR) is 73.3 cm³/mol. The van der Waals surface area contributed by atoms with Crippen LogP contribution >= 0.6 is 0 Å². The smallest absolute Gasteiger partial charge is 0.192 e. The quantitative estimate of drug-likeness (QED) is 0.766. The largest absolute Gasteiger partial charge is 0.496 e. The van der Waals surface area contributed by atoms with E-state index in [4.69, 9.17) is 9.47 Å². The fourth-order valence-corrected chi connectivity index (χ4v) is 1.83. The van der Waals surface area contributed by atoms with Crippen molar-refractivity contribution in [2.75, 3.05) is 13.7 Å². The van der Waals surface area contributed by atoms with E-state index < -0.39 is 17.4 Å². The number of hydrogen-bond donors (Lipinski definition) is 0. The van der Waals surface area contributed by atoms with Gasteiger partial charge in [-0.25, -0.2) is 8.78 Å². The van der Waals surface area contributed by atoms with Crippen LogP contribution in [0.5, 0.6) is 5.75 Å². The van der Waals surface area contributed by atoms with Crippen LogP contribution in [-0.2, 0) is 11.3 Å². The van der Waals surface area contributed by atoms with Crippen molar-refractivity contribution in [3.63, 3.8) is 0 Å². The van der Waals surface area contributed by atoms with Gasteiger partial charge in [0, 0.05) is 6.07 Å². The second-order valence-electron chi connectivity index (χ2n) is 4.37. The fourth-order valence-electron chi connectivity index (χ4n) is 1.83. The second kappa shape index (κ2) is 6.95. The van der Waals surface area contributed by atoms with Crippen LogP contribution in [-0.4, -0.2) is 19.5 Å². The molecule has 0 aliphatic carbocycles. The maximum atomic E-state index is 13.2. The van der Waals surface area contributed by atoms with E-state index in [0.717, 1.165) is 17.7 Å². The number of halogens is 2. The first kappa shape index (κ1) is 15.1. The number of benzene rings is 2. The van der Waals surface area contributed by atoms with Crippen molar-refractivity contribution in [1.82, 2.24) is 0 Å². The number of hydrogen-bond acceptors (Lipinski definition) is 3. The van der Waals surface area contributed by atoms with Gasteiger partial charge < -0.3 is 9.47 Å². The number of Topliss-reactive ketones (excluding diaryl/α,β-unsaturated/α-hetero) is 1. The Balaban J connectivity index is 2.02. The molecule has 21 heavy (non-hydrogen) atoms. The van der Waals surface area contributed by atoms with E-state index in [2.05, 4.69) is 0 Å². The lowest BCUT2D eigenvalue weighted by Gasteiger charge is -2.09. The van der Waals surface area contributed by atoms with Crippen LogP contribution in [0.1, 0.15) is 15.9 Å². The summed E-state index contributed by atoms with van der Waals surface area (Å²) in [5.74, 6) is -2.64. The molecule has 0 saturated heterocycles. The highest BCUT2D eigenvalue weighted by molar-refractivity contribution is 5.99. The van der Waals surface area contributed by atoms with Crippen molar-refractivity contribution in [2.45, 2.75) is 6.61 Å². The molecule has 0 atom stereocenters. The molecule has 2 rings (SSSR count). The molecular formula is C16H14F2O3. The van der Waals surface area contributed by atoms with Gasteiger partial charge in [-0.3, -0.25) is 4.79 Å². The molecule has 0 aliphatic rings. The summed E-state index contributed by atoms with van der Waals surface area (Å²) in [5.41, 5.74) is 0.881. The molecule has 5 heteroatoms. The number of carbonyl (C=O) groups is 1. The zero-order valence-electron chi connectivity index (χ0n) is 11.4. The van der Waals surface area contributed by atoms with E-state index in [1.54, 1.807) is 0 Å². The van der Waals surface area contributed by atoms with Gasteiger partial charge >= 0.3 is 0 Å². The first-order valence-electron chi connectivity index (χ1n) is 6.29. The number of methoxy groups -OCH3 is 1. The maximum Gasteiger partial charge on any atom is 0.192 e. The van der Waals surface area contributed by atoms with Crippen LogP contribution in [0.15, 0.2) is 42.5 Å². The van der Waals surface area contributed by atoms with E-state index in [-0.39, 0.29) is 24.5 Å². The number of rotatable bonds is 6. The normalized spacial score (nSPS) is 10.4. The Bertz CT molecular complexity index is 627. The number of ketones is 1. The molecule has 2 aromatic carbocycles. The summed E-state index contributed by atoms with van der Waals surface area (Å²) in [7, 11) is 1.29. The van der Waals surface area contributed by atoms with Gasteiger partial charge in [0.25, 0.3) is 0 Å². The standard InChI is InChI=1S/C16H14F2O3/c1-20-16-8-14(18)13(17)7-12(16)15(19)10-21-9-11-5-3-2-4-6-11/h2-8H,9-10H2,1H3. The minimum absolute atomic E-state index is 0.0118. The van der Waals surface area contributed by atoms with Crippen LogP contribution in [0.4, 0.5) is 8.78 Å². The van der Waals surface area contributed by atoms with Crippen molar-refractivity contribution in [3.8, 4) is 5.75 Å². The summed E-state index contributed by atoms with van der Waals surface area (Å²) in [6.45, 7) is 0.0227. The van der Waals surface area contributed by atoms with E-state index in [1.807, 2.05) is 30.3 Å². The Hall–Kier alpha value is -2.27. The lowest BCUT2D eigenvalue weighted by molar-refractivity contribution is 0.0723. The number of carbonyl (C=O) groups excluding carboxylic acids is 1. The topological polar surface area (TPSA) is 35.5 Å². The Morgan fingerprint density at radius 1 is 1.10 bits per heavy atom. The fraction of sp³-hybridized carbons (Fsp3) is 0.188. The van der Waals surface area contributed by atoms with Gasteiger partial charge in [-0.2, -0.15) is 0 Å². The highest BCUT2D eigenvalue weighted by Crippen LogP contribution is 2.22. The van der Waals surface area contributed by atoms with Gasteiger partial charge in [0.15, 0.2) is 17.4 Å². The highest BCUT2D eigenvalue weighted by atomic mass is 19.2. The highest BCUT2D eigenvalue weighted by Gasteiger charge is 2.16. The second-order valence-corrected chi connectivity index (χ2v) is 4.37. The van der Waals surface area contributed by atoms with Crippen molar-refractivity contribution in [3.05, 3.63) is 65.2 Å². The van der Waals surface area contributed by atoms with Crippen molar-refractivity contribution < 1.29 is 23.0 Å². The van der Waals surface area contributed by atoms with Crippen LogP contribution in [0.2, 0.25) is 0 Å². The summed E-state index contributed by atoms with van der Waals surface area (Å²) in [6.07, 6.45) is 0. The summed E-state index contributed by atoms with van der Waals surface area (Å²) < 4.78 is 36.5. The lowest BCUT2D eigenvalue weighted by Crippen LogP contribution is -2.11. The van der Waals surface area contributed by atoms with Crippen molar-refractivity contribution in [1.29, 1.82) is 0 Å². The predicted octanol–water partition coefficient (Wildman–Crippen LogP) is 3.37. The first-order chi connectivity index (χ1) is 10.1. The van der Waals surface area contributed by atoms with Gasteiger partial charge in [0.05, 0.1) is 19.3 Å². The van der Waals surface area contributed by atoms with Crippen LogP contribution < -0.4 is 4.74 Å². The van der Waals surface area contributed by atoms with E-state index in [1.165, 1.54) is 7.11 Å². The third-order valence-electron chi connectivity index (χ3n) is 2.89. The van der Waals surface area contributed by atoms with Crippen LogP contribution in [0.3, 0.4) is 0 Å². The van der Waals surface area contributed by atoms with Gasteiger partial charge in [-0.15, -0.1) is 0 Å². The molecule has 0 bridgehead atoms. The van der Waals surface area contributed by atoms with Crippen molar-refractivity contribution >= 4 is 5.78 Å². The molecule has 110 valence electrons. The average Bonchev–Trinajstić information content (AvgIpc) is 2.50. The van der Waals surface area contributed by atoms with Gasteiger partial charge in [0.1, 0.15) is 12.4 Å². The Kier molecular flexibility index (Phi) is 5.00. The molecule has 2 aromatic rings. The van der Waals surface area contributed by atoms with Gasteiger partial charge in [0.2, 0.25) is 0 Å². The average molecular weight is 292 g/mol. The van der Waals surface area contributed by atoms with E-state index in [9.17, 15) is 13.6 Å². The molecule has 0 heterocycles. The molecule has 0 N–H and O–H groups in total. The SMILES string of the molecule is COc1cc(F)c(F)cc1C(=O)COCc1ccccc1. The van der Waals surface area contributed by atoms with Crippen LogP contribution in [0, 0.1) is 11.6 Å². The Morgan fingerprint density at radius 3 is 2.43 bits per heavy atom. The molecule has 0 radical (unpaired) electrons. The first-order valence-corrected chi connectivity index (χ1v) is 6.29. The zero-order valence-corrected chi connectivity index (χ0v) is 11.4. The summed E-state index contributed by atoms with van der Waals surface area (Å²) >= 11 is 0. The summed E-state index contributed by atoms with van der Waals surface area (Å²) in [6, 6.07) is 11.0. The summed E-state index contributed by atoms with van der Waals surface area (Å²) in [4.78, 5) is 12.0. The maximum absolute atomic E-state index is 13.2. The Morgan fingerprint density at radius 2 is 1.76 bits per heavy atom. The van der Waals surface area contributed by atoms with Crippen molar-refractivity contribution in [2.24, 2.45) is 0 Å². The molecule has 0 spiro atoms. The molecule has 0 aromatic heterocycles. The molecule has 0 unspecified atom stereocenters. The monoisotopic (exact) mass is 292 g/mol. The van der Waals surface area contributed by atoms with E-state index in [0.29, 0.717) is 0 Å². The minimum atomic E-state index is -1.10. The number of ether oxygens (including phenoxy) is 2. The minimum Gasteiger partial charge on any atom is -0.496 e. The molecule has 0 amide bonds.